The second-order valence-corrected chi connectivity index (χ2v) is 7.21. The topological polar surface area (TPSA) is 53.5 Å². The van der Waals surface area contributed by atoms with Crippen molar-refractivity contribution in [3.63, 3.8) is 0 Å². The molecule has 1 aliphatic rings. The lowest BCUT2D eigenvalue weighted by Gasteiger charge is -2.34. The van der Waals surface area contributed by atoms with Gasteiger partial charge in [-0.05, 0) is 24.1 Å². The van der Waals surface area contributed by atoms with E-state index in [-0.39, 0.29) is 0 Å². The van der Waals surface area contributed by atoms with E-state index in [0.29, 0.717) is 32.1 Å². The van der Waals surface area contributed by atoms with Crippen LogP contribution in [0.1, 0.15) is 18.2 Å². The van der Waals surface area contributed by atoms with E-state index in [9.17, 15) is 8.42 Å². The van der Waals surface area contributed by atoms with E-state index in [0.717, 1.165) is 23.5 Å². The molecule has 0 atom stereocenters. The molecule has 2 rings (SSSR count). The van der Waals surface area contributed by atoms with E-state index in [1.807, 2.05) is 12.1 Å². The summed E-state index contributed by atoms with van der Waals surface area (Å²) in [6.45, 7) is 4.40. The van der Waals surface area contributed by atoms with Crippen LogP contribution in [0, 0.1) is 0 Å². The van der Waals surface area contributed by atoms with Crippen LogP contribution in [0.5, 0.6) is 0 Å². The number of pyridine rings is 1. The van der Waals surface area contributed by atoms with Crippen molar-refractivity contribution < 1.29 is 8.42 Å². The van der Waals surface area contributed by atoms with Crippen molar-refractivity contribution in [2.24, 2.45) is 0 Å². The zero-order valence-corrected chi connectivity index (χ0v) is 13.4. The van der Waals surface area contributed by atoms with Gasteiger partial charge in [0.15, 0.2) is 0 Å². The molecule has 1 fully saturated rings. The van der Waals surface area contributed by atoms with Gasteiger partial charge in [0, 0.05) is 37.8 Å². The highest BCUT2D eigenvalue weighted by Crippen LogP contribution is 2.19. The summed E-state index contributed by atoms with van der Waals surface area (Å²) in [7, 11) is -3.09. The average molecular weight is 318 g/mol. The predicted octanol–water partition coefficient (Wildman–Crippen LogP) is 1.46. The van der Waals surface area contributed by atoms with Gasteiger partial charge in [0.05, 0.1) is 6.26 Å². The molecule has 1 saturated heterocycles. The molecule has 0 spiro atoms. The van der Waals surface area contributed by atoms with Gasteiger partial charge < -0.3 is 4.90 Å². The second kappa shape index (κ2) is 6.28. The van der Waals surface area contributed by atoms with Gasteiger partial charge in [-0.3, -0.25) is 0 Å². The van der Waals surface area contributed by atoms with E-state index >= 15 is 0 Å². The van der Waals surface area contributed by atoms with Crippen LogP contribution >= 0.6 is 11.6 Å². The maximum Gasteiger partial charge on any atom is 0.211 e. The highest BCUT2D eigenvalue weighted by atomic mass is 35.5. The number of hydrogen-bond donors (Lipinski definition) is 0. The minimum absolute atomic E-state index is 0.464. The van der Waals surface area contributed by atoms with Gasteiger partial charge in [-0.1, -0.05) is 6.92 Å². The molecule has 1 aliphatic heterocycles. The van der Waals surface area contributed by atoms with Crippen LogP contribution in [0.4, 0.5) is 5.82 Å². The summed E-state index contributed by atoms with van der Waals surface area (Å²) in [5.74, 6) is 1.36. The van der Waals surface area contributed by atoms with Gasteiger partial charge in [-0.2, -0.15) is 4.31 Å². The third-order valence-electron chi connectivity index (χ3n) is 3.47. The number of nitrogens with zero attached hydrogens (tertiary/aromatic N) is 3. The molecule has 0 N–H and O–H groups in total. The molecule has 1 aromatic rings. The quantitative estimate of drug-likeness (QED) is 0.789. The van der Waals surface area contributed by atoms with Crippen LogP contribution in [-0.2, 0) is 22.3 Å². The van der Waals surface area contributed by atoms with E-state index < -0.39 is 10.0 Å². The number of rotatable bonds is 4. The van der Waals surface area contributed by atoms with Gasteiger partial charge >= 0.3 is 0 Å². The van der Waals surface area contributed by atoms with Gasteiger partial charge in [0.2, 0.25) is 10.0 Å². The van der Waals surface area contributed by atoms with E-state index in [1.165, 1.54) is 10.6 Å². The number of aryl methyl sites for hydroxylation is 1. The number of sulfonamides is 1. The van der Waals surface area contributed by atoms with Crippen LogP contribution in [-0.4, -0.2) is 50.1 Å². The Hall–Kier alpha value is -0.850. The summed E-state index contributed by atoms with van der Waals surface area (Å²) in [5.41, 5.74) is 2.07. The van der Waals surface area contributed by atoms with E-state index in [1.54, 1.807) is 0 Å². The van der Waals surface area contributed by atoms with E-state index in [4.69, 9.17) is 11.6 Å². The lowest BCUT2D eigenvalue weighted by atomic mass is 10.2. The number of alkyl halides is 1. The molecule has 0 amide bonds. The summed E-state index contributed by atoms with van der Waals surface area (Å²) in [5, 5.41) is 0. The molecule has 0 aromatic carbocycles. The minimum atomic E-state index is -3.09. The molecule has 0 aliphatic carbocycles. The van der Waals surface area contributed by atoms with Gasteiger partial charge in [-0.15, -0.1) is 11.6 Å². The fourth-order valence-corrected chi connectivity index (χ4v) is 3.28. The fraction of sp³-hybridized carbons (Fsp3) is 0.615. The Morgan fingerprint density at radius 2 is 1.90 bits per heavy atom. The molecular weight excluding hydrogens is 298 g/mol. The Morgan fingerprint density at radius 1 is 1.25 bits per heavy atom. The first-order valence-corrected chi connectivity index (χ1v) is 9.08. The van der Waals surface area contributed by atoms with Crippen LogP contribution in [0.25, 0.3) is 0 Å². The Balaban J connectivity index is 2.14. The molecular formula is C13H20ClN3O2S. The van der Waals surface area contributed by atoms with Crippen LogP contribution in [0.3, 0.4) is 0 Å². The van der Waals surface area contributed by atoms with Crippen LogP contribution < -0.4 is 4.90 Å². The molecule has 20 heavy (non-hydrogen) atoms. The second-order valence-electron chi connectivity index (χ2n) is 4.96. The van der Waals surface area contributed by atoms with Gasteiger partial charge in [0.25, 0.3) is 0 Å². The van der Waals surface area contributed by atoms with Crippen LogP contribution in [0.2, 0.25) is 0 Å². The fourth-order valence-electron chi connectivity index (χ4n) is 2.30. The largest absolute Gasteiger partial charge is 0.354 e. The Kier molecular flexibility index (Phi) is 4.88. The lowest BCUT2D eigenvalue weighted by molar-refractivity contribution is 0.387. The molecule has 0 radical (unpaired) electrons. The zero-order valence-electron chi connectivity index (χ0n) is 11.8. The molecule has 0 saturated carbocycles. The van der Waals surface area contributed by atoms with E-state index in [2.05, 4.69) is 16.8 Å². The third-order valence-corrected chi connectivity index (χ3v) is 5.08. The first kappa shape index (κ1) is 15.5. The van der Waals surface area contributed by atoms with Crippen molar-refractivity contribution in [3.05, 3.63) is 23.4 Å². The van der Waals surface area contributed by atoms with Crippen molar-refractivity contribution in [1.82, 2.24) is 9.29 Å². The van der Waals surface area contributed by atoms with Crippen LogP contribution in [0.15, 0.2) is 12.1 Å². The Bertz CT molecular complexity index is 547. The number of aromatic nitrogens is 1. The summed E-state index contributed by atoms with van der Waals surface area (Å²) >= 11 is 5.92. The number of hydrogen-bond acceptors (Lipinski definition) is 4. The number of piperazine rings is 1. The molecule has 1 aromatic heterocycles. The summed E-state index contributed by atoms with van der Waals surface area (Å²) in [6, 6.07) is 4.01. The first-order valence-electron chi connectivity index (χ1n) is 6.70. The molecule has 0 bridgehead atoms. The number of halogens is 1. The maximum absolute atomic E-state index is 11.5. The minimum Gasteiger partial charge on any atom is -0.354 e. The summed E-state index contributed by atoms with van der Waals surface area (Å²) < 4.78 is 24.5. The SMILES string of the molecule is CCc1cc(CCl)cc(N2CCN(S(C)(=O)=O)CC2)n1. The molecule has 2 heterocycles. The van der Waals surface area contributed by atoms with Crippen molar-refractivity contribution in [2.75, 3.05) is 37.3 Å². The van der Waals surface area contributed by atoms with Crippen molar-refractivity contribution in [2.45, 2.75) is 19.2 Å². The molecule has 0 unspecified atom stereocenters. The van der Waals surface area contributed by atoms with Gasteiger partial charge in [-0.25, -0.2) is 13.4 Å². The van der Waals surface area contributed by atoms with Gasteiger partial charge in [0.1, 0.15) is 5.82 Å². The Labute approximate surface area is 125 Å². The average Bonchev–Trinajstić information content (AvgIpc) is 2.46. The monoisotopic (exact) mass is 317 g/mol. The molecule has 5 nitrogen and oxygen atoms in total. The summed E-state index contributed by atoms with van der Waals surface area (Å²) in [4.78, 5) is 6.73. The summed E-state index contributed by atoms with van der Waals surface area (Å²) in [6.07, 6.45) is 2.12. The predicted molar refractivity (Wildman–Crippen MR) is 81.8 cm³/mol. The highest BCUT2D eigenvalue weighted by molar-refractivity contribution is 7.88. The van der Waals surface area contributed by atoms with Crippen molar-refractivity contribution in [3.8, 4) is 0 Å². The lowest BCUT2D eigenvalue weighted by Crippen LogP contribution is -2.48. The zero-order chi connectivity index (χ0) is 14.8. The van der Waals surface area contributed by atoms with Crippen molar-refractivity contribution in [1.29, 1.82) is 0 Å². The normalized spacial score (nSPS) is 17.4. The maximum atomic E-state index is 11.5. The third kappa shape index (κ3) is 3.62. The molecule has 7 heteroatoms. The Morgan fingerprint density at radius 3 is 2.40 bits per heavy atom. The molecule has 112 valence electrons. The smallest absolute Gasteiger partial charge is 0.211 e. The highest BCUT2D eigenvalue weighted by Gasteiger charge is 2.24. The van der Waals surface area contributed by atoms with Crippen molar-refractivity contribution >= 4 is 27.4 Å². The standard InChI is InChI=1S/C13H20ClN3O2S/c1-3-12-8-11(10-14)9-13(15-12)16-4-6-17(7-5-16)20(2,18)19/h8-9H,3-7,10H2,1-2H3. The number of anilines is 1. The first-order chi connectivity index (χ1) is 9.44.